The molecule has 0 bridgehead atoms. The maximum absolute atomic E-state index is 13.3. The van der Waals surface area contributed by atoms with Crippen molar-refractivity contribution in [3.05, 3.63) is 45.6 Å². The molecule has 4 atom stereocenters. The second kappa shape index (κ2) is 5.64. The van der Waals surface area contributed by atoms with E-state index in [4.69, 9.17) is 0 Å². The first-order valence-electron chi connectivity index (χ1n) is 9.24. The van der Waals surface area contributed by atoms with E-state index in [0.29, 0.717) is 12.0 Å². The highest BCUT2D eigenvalue weighted by Gasteiger charge is 2.81. The van der Waals surface area contributed by atoms with Crippen LogP contribution in [0.1, 0.15) is 30.1 Å². The lowest BCUT2D eigenvalue weighted by Crippen LogP contribution is -2.56. The standard InChI is InChI=1S/C20H20IN3O3/c1-11-2-7-15(19-8-13(19)9-19)20(16(11)22-20)18(27)24(10-25)23-17(26)12-3-5-14(21)6-4-12/h2-7,10-11,13,15-16,22H,8-9H2,1H3,(H,23,26)/t11?,13-,15?,16-,19+,20-/m0/s1. The summed E-state index contributed by atoms with van der Waals surface area (Å²) in [5.74, 6) is 0.221. The van der Waals surface area contributed by atoms with Crippen LogP contribution in [0, 0.1) is 26.7 Å². The normalized spacial score (nSPS) is 39.6. The fourth-order valence-electron chi connectivity index (χ4n) is 4.91. The molecule has 4 aliphatic rings. The summed E-state index contributed by atoms with van der Waals surface area (Å²) in [6.45, 7) is 2.07. The molecule has 6 nitrogen and oxygen atoms in total. The summed E-state index contributed by atoms with van der Waals surface area (Å²) in [7, 11) is 0. The average molecular weight is 477 g/mol. The van der Waals surface area contributed by atoms with E-state index in [0.717, 1.165) is 27.3 Å². The summed E-state index contributed by atoms with van der Waals surface area (Å²) >= 11 is 2.15. The van der Waals surface area contributed by atoms with E-state index in [1.54, 1.807) is 12.1 Å². The molecular formula is C20H20IN3O3. The van der Waals surface area contributed by atoms with E-state index in [1.807, 2.05) is 12.1 Å². The fourth-order valence-corrected chi connectivity index (χ4v) is 5.27. The third-order valence-corrected chi connectivity index (χ3v) is 7.52. The number of imide groups is 1. The van der Waals surface area contributed by atoms with Crippen molar-refractivity contribution in [3.8, 4) is 0 Å². The Morgan fingerprint density at radius 2 is 1.93 bits per heavy atom. The zero-order valence-electron chi connectivity index (χ0n) is 14.8. The summed E-state index contributed by atoms with van der Waals surface area (Å²) in [6, 6.07) is 6.99. The van der Waals surface area contributed by atoms with Crippen molar-refractivity contribution in [2.45, 2.75) is 31.3 Å². The number of nitrogens with zero attached hydrogens (tertiary/aromatic N) is 1. The molecule has 1 aromatic rings. The predicted octanol–water partition coefficient (Wildman–Crippen LogP) is 1.86. The molecule has 7 heteroatoms. The van der Waals surface area contributed by atoms with E-state index in [-0.39, 0.29) is 29.2 Å². The molecule has 140 valence electrons. The minimum absolute atomic E-state index is 0.0221. The second-order valence-corrected chi connectivity index (χ2v) is 9.53. The highest BCUT2D eigenvalue weighted by Crippen LogP contribution is 2.82. The molecule has 0 aromatic heterocycles. The van der Waals surface area contributed by atoms with Gasteiger partial charge < -0.3 is 0 Å². The Bertz CT molecular complexity index is 877. The van der Waals surface area contributed by atoms with E-state index < -0.39 is 11.4 Å². The van der Waals surface area contributed by atoms with Crippen LogP contribution in [0.15, 0.2) is 36.4 Å². The third-order valence-electron chi connectivity index (χ3n) is 6.80. The van der Waals surface area contributed by atoms with Crippen molar-refractivity contribution in [1.29, 1.82) is 0 Å². The summed E-state index contributed by atoms with van der Waals surface area (Å²) < 4.78 is 1.00. The SMILES string of the molecule is CC1C=CC([C@]23C[C@@H]2C3)[C@]2(C(=O)N(C=O)NC(=O)c3ccc(I)cc3)N[C@@H]12. The number of nitrogens with one attached hydrogen (secondary N) is 2. The molecule has 2 saturated carbocycles. The van der Waals surface area contributed by atoms with Gasteiger partial charge in [-0.05, 0) is 76.9 Å². The summed E-state index contributed by atoms with van der Waals surface area (Å²) in [5.41, 5.74) is 2.36. The van der Waals surface area contributed by atoms with E-state index in [1.165, 1.54) is 0 Å². The molecule has 2 N–H and O–H groups in total. The van der Waals surface area contributed by atoms with Gasteiger partial charge in [-0.25, -0.2) is 0 Å². The highest BCUT2D eigenvalue weighted by atomic mass is 127. The zero-order valence-corrected chi connectivity index (χ0v) is 17.0. The van der Waals surface area contributed by atoms with Gasteiger partial charge in [-0.15, -0.1) is 0 Å². The van der Waals surface area contributed by atoms with Crippen LogP contribution >= 0.6 is 22.6 Å². The van der Waals surface area contributed by atoms with Gasteiger partial charge >= 0.3 is 0 Å². The molecule has 3 aliphatic carbocycles. The van der Waals surface area contributed by atoms with Crippen LogP contribution in [-0.2, 0) is 9.59 Å². The maximum atomic E-state index is 13.3. The third kappa shape index (κ3) is 2.44. The molecule has 1 aromatic carbocycles. The van der Waals surface area contributed by atoms with Crippen LogP contribution in [0.4, 0.5) is 0 Å². The van der Waals surface area contributed by atoms with E-state index >= 15 is 0 Å². The highest BCUT2D eigenvalue weighted by molar-refractivity contribution is 14.1. The lowest BCUT2D eigenvalue weighted by Gasteiger charge is -2.32. The molecule has 1 heterocycles. The average Bonchev–Trinajstić information content (AvgIpc) is 3.53. The number of hydrogen-bond donors (Lipinski definition) is 2. The molecule has 3 fully saturated rings. The number of carbonyl (C=O) groups excluding carboxylic acids is 3. The monoisotopic (exact) mass is 477 g/mol. The molecule has 0 spiro atoms. The van der Waals surface area contributed by atoms with Crippen molar-refractivity contribution < 1.29 is 14.4 Å². The minimum atomic E-state index is -0.764. The first-order valence-corrected chi connectivity index (χ1v) is 10.3. The van der Waals surface area contributed by atoms with Crippen LogP contribution in [-0.4, -0.2) is 34.8 Å². The Morgan fingerprint density at radius 1 is 1.26 bits per heavy atom. The molecule has 1 saturated heterocycles. The van der Waals surface area contributed by atoms with Crippen LogP contribution in [0.2, 0.25) is 0 Å². The van der Waals surface area contributed by atoms with E-state index in [9.17, 15) is 14.4 Å². The Labute approximate surface area is 170 Å². The quantitative estimate of drug-likeness (QED) is 0.228. The van der Waals surface area contributed by atoms with Gasteiger partial charge in [0.1, 0.15) is 5.54 Å². The van der Waals surface area contributed by atoms with Crippen LogP contribution in [0.25, 0.3) is 0 Å². The molecule has 0 radical (unpaired) electrons. The molecule has 3 amide bonds. The lowest BCUT2D eigenvalue weighted by atomic mass is 9.73. The molecular weight excluding hydrogens is 457 g/mol. The van der Waals surface area contributed by atoms with Gasteiger partial charge in [0.2, 0.25) is 6.41 Å². The van der Waals surface area contributed by atoms with Gasteiger partial charge in [0, 0.05) is 21.1 Å². The van der Waals surface area contributed by atoms with Crippen LogP contribution in [0.5, 0.6) is 0 Å². The summed E-state index contributed by atoms with van der Waals surface area (Å²) in [5, 5.41) is 4.22. The number of hydrazine groups is 1. The Balaban J connectivity index is 1.38. The number of benzene rings is 1. The van der Waals surface area contributed by atoms with Gasteiger partial charge in [0.25, 0.3) is 11.8 Å². The lowest BCUT2D eigenvalue weighted by molar-refractivity contribution is -0.144. The van der Waals surface area contributed by atoms with Gasteiger partial charge in [0.15, 0.2) is 0 Å². The molecule has 5 rings (SSSR count). The Hall–Kier alpha value is -1.74. The Kier molecular flexibility index (Phi) is 3.62. The smallest absolute Gasteiger partial charge is 0.270 e. The largest absolute Gasteiger partial charge is 0.296 e. The molecule has 27 heavy (non-hydrogen) atoms. The van der Waals surface area contributed by atoms with E-state index in [2.05, 4.69) is 52.4 Å². The number of halogens is 1. The first-order chi connectivity index (χ1) is 12.9. The zero-order chi connectivity index (χ0) is 19.0. The van der Waals surface area contributed by atoms with Gasteiger partial charge in [-0.1, -0.05) is 19.1 Å². The minimum Gasteiger partial charge on any atom is -0.296 e. The second-order valence-electron chi connectivity index (χ2n) is 8.28. The van der Waals surface area contributed by atoms with Gasteiger partial charge in [0.05, 0.1) is 0 Å². The number of fused-ring (bicyclic) bond motifs is 2. The van der Waals surface area contributed by atoms with Crippen LogP contribution < -0.4 is 10.7 Å². The van der Waals surface area contributed by atoms with Crippen molar-refractivity contribution in [3.63, 3.8) is 0 Å². The van der Waals surface area contributed by atoms with Gasteiger partial charge in [-0.3, -0.25) is 25.1 Å². The topological polar surface area (TPSA) is 88.4 Å². The van der Waals surface area contributed by atoms with Crippen molar-refractivity contribution in [1.82, 2.24) is 15.8 Å². The number of carbonyl (C=O) groups is 3. The number of hydrogen-bond acceptors (Lipinski definition) is 4. The summed E-state index contributed by atoms with van der Waals surface area (Å²) in [6.07, 6.45) is 7.08. The van der Waals surface area contributed by atoms with Gasteiger partial charge in [-0.2, -0.15) is 5.01 Å². The number of amides is 3. The Morgan fingerprint density at radius 3 is 2.52 bits per heavy atom. The van der Waals surface area contributed by atoms with Crippen LogP contribution in [0.3, 0.4) is 0 Å². The molecule has 2 unspecified atom stereocenters. The summed E-state index contributed by atoms with van der Waals surface area (Å²) in [4.78, 5) is 37.5. The fraction of sp³-hybridized carbons (Fsp3) is 0.450. The number of rotatable bonds is 4. The first kappa shape index (κ1) is 17.4. The molecule has 1 aliphatic heterocycles. The maximum Gasteiger partial charge on any atom is 0.270 e. The van der Waals surface area contributed by atoms with Crippen molar-refractivity contribution in [2.75, 3.05) is 0 Å². The van der Waals surface area contributed by atoms with Crippen molar-refractivity contribution >= 4 is 40.8 Å². The van der Waals surface area contributed by atoms with Crippen molar-refractivity contribution in [2.24, 2.45) is 23.2 Å². The predicted molar refractivity (Wildman–Crippen MR) is 106 cm³/mol.